The van der Waals surface area contributed by atoms with Gasteiger partial charge >= 0.3 is 0 Å². The van der Waals surface area contributed by atoms with E-state index in [0.29, 0.717) is 18.9 Å². The molecule has 3 nitrogen and oxygen atoms in total. The number of aryl methyl sites for hydroxylation is 1. The second-order valence-electron chi connectivity index (χ2n) is 5.63. The average Bonchev–Trinajstić information content (AvgIpc) is 2.43. The topological polar surface area (TPSA) is 41.1 Å². The lowest BCUT2D eigenvalue weighted by Crippen LogP contribution is -2.33. The van der Waals surface area contributed by atoms with Crippen LogP contribution in [0.5, 0.6) is 0 Å². The van der Waals surface area contributed by atoms with Gasteiger partial charge in [0.1, 0.15) is 0 Å². The minimum Gasteiger partial charge on any atom is -0.349 e. The van der Waals surface area contributed by atoms with Gasteiger partial charge in [0.15, 0.2) is 0 Å². The van der Waals surface area contributed by atoms with Gasteiger partial charge in [0.2, 0.25) is 5.91 Å². The van der Waals surface area contributed by atoms with Crippen molar-refractivity contribution in [3.05, 3.63) is 35.4 Å². The fourth-order valence-corrected chi connectivity index (χ4v) is 2.30. The van der Waals surface area contributed by atoms with Crippen LogP contribution in [0.1, 0.15) is 50.8 Å². The molecular formula is C17H28N2O. The molecule has 0 saturated carbocycles. The maximum Gasteiger partial charge on any atom is 0.221 e. The molecule has 1 aromatic rings. The molecule has 0 saturated heterocycles. The van der Waals surface area contributed by atoms with Crippen molar-refractivity contribution in [2.75, 3.05) is 13.6 Å². The van der Waals surface area contributed by atoms with Crippen molar-refractivity contribution in [1.82, 2.24) is 10.6 Å². The first kappa shape index (κ1) is 16.7. The molecule has 1 rings (SSSR count). The Kier molecular flexibility index (Phi) is 7.31. The van der Waals surface area contributed by atoms with Crippen LogP contribution in [-0.2, 0) is 11.2 Å². The summed E-state index contributed by atoms with van der Waals surface area (Å²) in [6, 6.07) is 8.74. The SMILES string of the molecule is CCCc1ccc(C(NC(=O)CCNC)C(C)C)cc1. The van der Waals surface area contributed by atoms with E-state index >= 15 is 0 Å². The summed E-state index contributed by atoms with van der Waals surface area (Å²) < 4.78 is 0. The van der Waals surface area contributed by atoms with Crippen molar-refractivity contribution < 1.29 is 4.79 Å². The van der Waals surface area contributed by atoms with Crippen LogP contribution in [0.15, 0.2) is 24.3 Å². The molecule has 2 N–H and O–H groups in total. The molecular weight excluding hydrogens is 248 g/mol. The van der Waals surface area contributed by atoms with Gasteiger partial charge in [-0.2, -0.15) is 0 Å². The van der Waals surface area contributed by atoms with Gasteiger partial charge in [-0.25, -0.2) is 0 Å². The lowest BCUT2D eigenvalue weighted by molar-refractivity contribution is -0.122. The third-order valence-electron chi connectivity index (χ3n) is 3.46. The first-order valence-corrected chi connectivity index (χ1v) is 7.61. The van der Waals surface area contributed by atoms with Crippen LogP contribution in [0.2, 0.25) is 0 Å². The Morgan fingerprint density at radius 1 is 1.20 bits per heavy atom. The number of hydrogen-bond acceptors (Lipinski definition) is 2. The standard InChI is InChI=1S/C17H28N2O/c1-5-6-14-7-9-15(10-8-14)17(13(2)3)19-16(20)11-12-18-4/h7-10,13,17-18H,5-6,11-12H2,1-4H3,(H,19,20). The summed E-state index contributed by atoms with van der Waals surface area (Å²) in [7, 11) is 1.86. The van der Waals surface area contributed by atoms with E-state index in [-0.39, 0.29) is 11.9 Å². The Morgan fingerprint density at radius 2 is 1.85 bits per heavy atom. The molecule has 0 radical (unpaired) electrons. The van der Waals surface area contributed by atoms with Crippen LogP contribution >= 0.6 is 0 Å². The minimum atomic E-state index is 0.0926. The molecule has 0 aliphatic carbocycles. The van der Waals surface area contributed by atoms with Crippen molar-refractivity contribution in [3.63, 3.8) is 0 Å². The summed E-state index contributed by atoms with van der Waals surface area (Å²) >= 11 is 0. The Bertz CT molecular complexity index is 398. The molecule has 1 aromatic carbocycles. The van der Waals surface area contributed by atoms with Crippen molar-refractivity contribution in [2.24, 2.45) is 5.92 Å². The minimum absolute atomic E-state index is 0.0926. The zero-order chi connectivity index (χ0) is 15.0. The van der Waals surface area contributed by atoms with E-state index in [1.807, 2.05) is 7.05 Å². The van der Waals surface area contributed by atoms with Gasteiger partial charge in [-0.15, -0.1) is 0 Å². The summed E-state index contributed by atoms with van der Waals surface area (Å²) in [6.07, 6.45) is 2.79. The van der Waals surface area contributed by atoms with E-state index < -0.39 is 0 Å². The van der Waals surface area contributed by atoms with Gasteiger partial charge in [-0.3, -0.25) is 4.79 Å². The zero-order valence-electron chi connectivity index (χ0n) is 13.2. The molecule has 20 heavy (non-hydrogen) atoms. The summed E-state index contributed by atoms with van der Waals surface area (Å²) in [5, 5.41) is 6.14. The molecule has 0 heterocycles. The number of rotatable bonds is 8. The smallest absolute Gasteiger partial charge is 0.221 e. The van der Waals surface area contributed by atoms with Crippen LogP contribution in [0, 0.1) is 5.92 Å². The Balaban J connectivity index is 2.72. The highest BCUT2D eigenvalue weighted by molar-refractivity contribution is 5.76. The van der Waals surface area contributed by atoms with Gasteiger partial charge in [0.25, 0.3) is 0 Å². The third-order valence-corrected chi connectivity index (χ3v) is 3.46. The Morgan fingerprint density at radius 3 is 2.35 bits per heavy atom. The molecule has 112 valence electrons. The average molecular weight is 276 g/mol. The number of carbonyl (C=O) groups is 1. The first-order chi connectivity index (χ1) is 9.58. The summed E-state index contributed by atoms with van der Waals surface area (Å²) in [5.41, 5.74) is 2.55. The van der Waals surface area contributed by atoms with Gasteiger partial charge in [-0.1, -0.05) is 51.5 Å². The largest absolute Gasteiger partial charge is 0.349 e. The molecule has 1 amide bonds. The second-order valence-corrected chi connectivity index (χ2v) is 5.63. The molecule has 3 heteroatoms. The van der Waals surface area contributed by atoms with Crippen LogP contribution in [0.3, 0.4) is 0 Å². The van der Waals surface area contributed by atoms with Crippen LogP contribution < -0.4 is 10.6 Å². The number of carbonyl (C=O) groups excluding carboxylic acids is 1. The van der Waals surface area contributed by atoms with Crippen LogP contribution in [0.4, 0.5) is 0 Å². The Labute approximate surface area is 123 Å². The van der Waals surface area contributed by atoms with Gasteiger partial charge < -0.3 is 10.6 Å². The lowest BCUT2D eigenvalue weighted by Gasteiger charge is -2.23. The van der Waals surface area contributed by atoms with E-state index in [0.717, 1.165) is 12.8 Å². The van der Waals surface area contributed by atoms with E-state index in [2.05, 4.69) is 55.7 Å². The Hall–Kier alpha value is -1.35. The molecule has 0 aromatic heterocycles. The van der Waals surface area contributed by atoms with Gasteiger partial charge in [0.05, 0.1) is 6.04 Å². The summed E-state index contributed by atoms with van der Waals surface area (Å²) in [6.45, 7) is 7.19. The normalized spacial score (nSPS) is 12.4. The quantitative estimate of drug-likeness (QED) is 0.766. The predicted octanol–water partition coefficient (Wildman–Crippen LogP) is 3.06. The van der Waals surface area contributed by atoms with Crippen molar-refractivity contribution >= 4 is 5.91 Å². The van der Waals surface area contributed by atoms with E-state index in [1.54, 1.807) is 0 Å². The van der Waals surface area contributed by atoms with Crippen LogP contribution in [-0.4, -0.2) is 19.5 Å². The third kappa shape index (κ3) is 5.33. The van der Waals surface area contributed by atoms with Gasteiger partial charge in [0, 0.05) is 13.0 Å². The number of amides is 1. The van der Waals surface area contributed by atoms with Crippen molar-refractivity contribution in [3.8, 4) is 0 Å². The van der Waals surface area contributed by atoms with Crippen LogP contribution in [0.25, 0.3) is 0 Å². The van der Waals surface area contributed by atoms with Crippen molar-refractivity contribution in [2.45, 2.75) is 46.1 Å². The lowest BCUT2D eigenvalue weighted by atomic mass is 9.94. The van der Waals surface area contributed by atoms with Crippen molar-refractivity contribution in [1.29, 1.82) is 0 Å². The second kappa shape index (κ2) is 8.75. The summed E-state index contributed by atoms with van der Waals surface area (Å²) in [5.74, 6) is 0.487. The fraction of sp³-hybridized carbons (Fsp3) is 0.588. The number of benzene rings is 1. The van der Waals surface area contributed by atoms with E-state index in [9.17, 15) is 4.79 Å². The van der Waals surface area contributed by atoms with Gasteiger partial charge in [-0.05, 0) is 30.5 Å². The molecule has 0 aliphatic heterocycles. The first-order valence-electron chi connectivity index (χ1n) is 7.61. The number of hydrogen-bond donors (Lipinski definition) is 2. The highest BCUT2D eigenvalue weighted by atomic mass is 16.1. The molecule has 0 fully saturated rings. The monoisotopic (exact) mass is 276 g/mol. The molecule has 0 spiro atoms. The number of nitrogens with one attached hydrogen (secondary N) is 2. The maximum atomic E-state index is 11.9. The zero-order valence-corrected chi connectivity index (χ0v) is 13.2. The van der Waals surface area contributed by atoms with E-state index in [1.165, 1.54) is 11.1 Å². The molecule has 1 unspecified atom stereocenters. The van der Waals surface area contributed by atoms with E-state index in [4.69, 9.17) is 0 Å². The maximum absolute atomic E-state index is 11.9. The molecule has 0 aliphatic rings. The predicted molar refractivity (Wildman–Crippen MR) is 84.7 cm³/mol. The highest BCUT2D eigenvalue weighted by Gasteiger charge is 2.17. The molecule has 1 atom stereocenters. The highest BCUT2D eigenvalue weighted by Crippen LogP contribution is 2.22. The molecule has 0 bridgehead atoms. The fourth-order valence-electron chi connectivity index (χ4n) is 2.30. The summed E-state index contributed by atoms with van der Waals surface area (Å²) in [4.78, 5) is 11.9.